The highest BCUT2D eigenvalue weighted by atomic mass is 16.5. The van der Waals surface area contributed by atoms with Crippen LogP contribution in [-0.2, 0) is 11.3 Å². The third-order valence-corrected chi connectivity index (χ3v) is 3.84. The molecule has 0 spiro atoms. The zero-order chi connectivity index (χ0) is 14.7. The van der Waals surface area contributed by atoms with Crippen LogP contribution in [0.15, 0.2) is 36.8 Å². The number of morpholine rings is 1. The van der Waals surface area contributed by atoms with Crippen LogP contribution in [0.2, 0.25) is 0 Å². The third-order valence-electron chi connectivity index (χ3n) is 3.84. The van der Waals surface area contributed by atoms with E-state index in [9.17, 15) is 0 Å². The fraction of sp³-hybridized carbons (Fsp3) is 0.500. The lowest BCUT2D eigenvalue weighted by molar-refractivity contribution is -0.0360. The Morgan fingerprint density at radius 1 is 1.29 bits per heavy atom. The molecule has 1 aliphatic heterocycles. The maximum atomic E-state index is 5.86. The van der Waals surface area contributed by atoms with Gasteiger partial charge in [-0.15, -0.1) is 0 Å². The summed E-state index contributed by atoms with van der Waals surface area (Å²) in [7, 11) is 0. The van der Waals surface area contributed by atoms with Crippen LogP contribution < -0.4 is 0 Å². The molecule has 3 heterocycles. The van der Waals surface area contributed by atoms with Crippen molar-refractivity contribution in [2.75, 3.05) is 19.7 Å². The van der Waals surface area contributed by atoms with Crippen LogP contribution in [0.25, 0.3) is 0 Å². The van der Waals surface area contributed by atoms with E-state index in [0.717, 1.165) is 37.8 Å². The number of pyridine rings is 1. The van der Waals surface area contributed by atoms with Crippen LogP contribution in [0.1, 0.15) is 37.5 Å². The Labute approximate surface area is 125 Å². The van der Waals surface area contributed by atoms with Gasteiger partial charge in [-0.3, -0.25) is 9.88 Å². The first-order valence-electron chi connectivity index (χ1n) is 7.50. The van der Waals surface area contributed by atoms with E-state index in [0.29, 0.717) is 6.04 Å². The molecule has 1 saturated heterocycles. The standard InChI is InChI=1S/C16H22N4O/c1-13(2)20-8-7-18-16(20)12-19-9-10-21-15(11-19)14-5-3-4-6-17-14/h3-8,13,15H,9-12H2,1-2H3. The lowest BCUT2D eigenvalue weighted by Crippen LogP contribution is -2.38. The molecule has 0 amide bonds. The molecule has 21 heavy (non-hydrogen) atoms. The Morgan fingerprint density at radius 2 is 2.19 bits per heavy atom. The van der Waals surface area contributed by atoms with Gasteiger partial charge in [0.25, 0.3) is 0 Å². The van der Waals surface area contributed by atoms with Gasteiger partial charge in [0.15, 0.2) is 0 Å². The van der Waals surface area contributed by atoms with Crippen molar-refractivity contribution in [1.29, 1.82) is 0 Å². The average molecular weight is 286 g/mol. The normalized spacial score (nSPS) is 20.0. The molecule has 0 saturated carbocycles. The summed E-state index contributed by atoms with van der Waals surface area (Å²) in [5, 5.41) is 0. The van der Waals surface area contributed by atoms with Gasteiger partial charge in [0.2, 0.25) is 0 Å². The van der Waals surface area contributed by atoms with E-state index in [1.54, 1.807) is 0 Å². The fourth-order valence-electron chi connectivity index (χ4n) is 2.73. The molecule has 1 atom stereocenters. The molecule has 3 rings (SSSR count). The number of rotatable bonds is 4. The highest BCUT2D eigenvalue weighted by Crippen LogP contribution is 2.21. The van der Waals surface area contributed by atoms with Crippen molar-refractivity contribution in [3.63, 3.8) is 0 Å². The first-order chi connectivity index (χ1) is 10.2. The summed E-state index contributed by atoms with van der Waals surface area (Å²) in [4.78, 5) is 11.3. The number of nitrogens with zero attached hydrogens (tertiary/aromatic N) is 4. The van der Waals surface area contributed by atoms with E-state index >= 15 is 0 Å². The summed E-state index contributed by atoms with van der Waals surface area (Å²) in [5.41, 5.74) is 1.01. The van der Waals surface area contributed by atoms with E-state index in [1.165, 1.54) is 0 Å². The van der Waals surface area contributed by atoms with Crippen molar-refractivity contribution in [2.24, 2.45) is 0 Å². The SMILES string of the molecule is CC(C)n1ccnc1CN1CCOC(c2ccccn2)C1. The van der Waals surface area contributed by atoms with Gasteiger partial charge in [0.1, 0.15) is 11.9 Å². The quantitative estimate of drug-likeness (QED) is 0.866. The Balaban J connectivity index is 1.68. The van der Waals surface area contributed by atoms with Gasteiger partial charge in [-0.1, -0.05) is 6.07 Å². The molecule has 2 aromatic heterocycles. The molecule has 1 fully saturated rings. The van der Waals surface area contributed by atoms with Gasteiger partial charge in [0.05, 0.1) is 18.8 Å². The predicted octanol–water partition coefficient (Wildman–Crippen LogP) is 2.43. The number of aromatic nitrogens is 3. The van der Waals surface area contributed by atoms with Gasteiger partial charge in [-0.2, -0.15) is 0 Å². The van der Waals surface area contributed by atoms with E-state index in [1.807, 2.05) is 30.6 Å². The summed E-state index contributed by atoms with van der Waals surface area (Å²) < 4.78 is 8.09. The van der Waals surface area contributed by atoms with Crippen molar-refractivity contribution < 1.29 is 4.74 Å². The van der Waals surface area contributed by atoms with Crippen molar-refractivity contribution in [3.05, 3.63) is 48.3 Å². The second-order valence-electron chi connectivity index (χ2n) is 5.69. The van der Waals surface area contributed by atoms with Gasteiger partial charge >= 0.3 is 0 Å². The van der Waals surface area contributed by atoms with Crippen LogP contribution in [0.4, 0.5) is 0 Å². The topological polar surface area (TPSA) is 43.2 Å². The minimum atomic E-state index is 0.0578. The van der Waals surface area contributed by atoms with Crippen LogP contribution >= 0.6 is 0 Å². The van der Waals surface area contributed by atoms with Crippen molar-refractivity contribution in [2.45, 2.75) is 32.5 Å². The Hall–Kier alpha value is -1.72. The molecule has 0 bridgehead atoms. The summed E-state index contributed by atoms with van der Waals surface area (Å²) in [5.74, 6) is 1.12. The maximum Gasteiger partial charge on any atom is 0.123 e. The summed E-state index contributed by atoms with van der Waals surface area (Å²) >= 11 is 0. The second kappa shape index (κ2) is 6.37. The van der Waals surface area contributed by atoms with E-state index in [2.05, 4.69) is 39.5 Å². The molecule has 2 aromatic rings. The Morgan fingerprint density at radius 3 is 2.95 bits per heavy atom. The molecule has 0 N–H and O–H groups in total. The molecule has 112 valence electrons. The number of hydrogen-bond donors (Lipinski definition) is 0. The van der Waals surface area contributed by atoms with Crippen molar-refractivity contribution in [1.82, 2.24) is 19.4 Å². The van der Waals surface area contributed by atoms with E-state index in [-0.39, 0.29) is 6.10 Å². The van der Waals surface area contributed by atoms with E-state index in [4.69, 9.17) is 4.74 Å². The van der Waals surface area contributed by atoms with Crippen LogP contribution in [0.5, 0.6) is 0 Å². The largest absolute Gasteiger partial charge is 0.369 e. The van der Waals surface area contributed by atoms with Crippen LogP contribution in [-0.4, -0.2) is 39.1 Å². The number of ether oxygens (including phenoxy) is 1. The molecule has 0 aromatic carbocycles. The zero-order valence-corrected chi connectivity index (χ0v) is 12.6. The van der Waals surface area contributed by atoms with Crippen LogP contribution in [0.3, 0.4) is 0 Å². The zero-order valence-electron chi connectivity index (χ0n) is 12.6. The molecular formula is C16H22N4O. The number of hydrogen-bond acceptors (Lipinski definition) is 4. The second-order valence-corrected chi connectivity index (χ2v) is 5.69. The minimum Gasteiger partial charge on any atom is -0.369 e. The highest BCUT2D eigenvalue weighted by molar-refractivity contribution is 5.08. The predicted molar refractivity (Wildman–Crippen MR) is 80.8 cm³/mol. The smallest absolute Gasteiger partial charge is 0.123 e. The molecule has 1 aliphatic rings. The lowest BCUT2D eigenvalue weighted by Gasteiger charge is -2.32. The fourth-order valence-corrected chi connectivity index (χ4v) is 2.73. The first-order valence-corrected chi connectivity index (χ1v) is 7.50. The Bertz CT molecular complexity index is 567. The van der Waals surface area contributed by atoms with Gasteiger partial charge < -0.3 is 9.30 Å². The molecule has 5 heteroatoms. The van der Waals surface area contributed by atoms with Crippen molar-refractivity contribution in [3.8, 4) is 0 Å². The molecule has 1 unspecified atom stereocenters. The molecule has 0 radical (unpaired) electrons. The molecule has 5 nitrogen and oxygen atoms in total. The lowest BCUT2D eigenvalue weighted by atomic mass is 10.2. The summed E-state index contributed by atoms with van der Waals surface area (Å²) in [6.45, 7) is 7.76. The third kappa shape index (κ3) is 3.31. The Kier molecular flexibility index (Phi) is 4.31. The maximum absolute atomic E-state index is 5.86. The molecule has 0 aliphatic carbocycles. The first kappa shape index (κ1) is 14.2. The van der Waals surface area contributed by atoms with Crippen LogP contribution in [0, 0.1) is 0 Å². The summed E-state index contributed by atoms with van der Waals surface area (Å²) in [6, 6.07) is 6.42. The monoisotopic (exact) mass is 286 g/mol. The highest BCUT2D eigenvalue weighted by Gasteiger charge is 2.24. The molecular weight excluding hydrogens is 264 g/mol. The van der Waals surface area contributed by atoms with Gasteiger partial charge in [-0.25, -0.2) is 4.98 Å². The van der Waals surface area contributed by atoms with Crippen molar-refractivity contribution >= 4 is 0 Å². The minimum absolute atomic E-state index is 0.0578. The van der Waals surface area contributed by atoms with Gasteiger partial charge in [0, 0.05) is 37.7 Å². The van der Waals surface area contributed by atoms with Gasteiger partial charge in [-0.05, 0) is 26.0 Å². The number of imidazole rings is 1. The summed E-state index contributed by atoms with van der Waals surface area (Å²) in [6.07, 6.45) is 5.81. The van der Waals surface area contributed by atoms with E-state index < -0.39 is 0 Å². The average Bonchev–Trinajstić information content (AvgIpc) is 2.97.